The van der Waals surface area contributed by atoms with Crippen LogP contribution < -0.4 is 10.1 Å². The molecule has 4 nitrogen and oxygen atoms in total. The molecule has 1 heterocycles. The van der Waals surface area contributed by atoms with Crippen molar-refractivity contribution in [1.82, 2.24) is 9.97 Å². The van der Waals surface area contributed by atoms with Crippen LogP contribution in [-0.2, 0) is 6.54 Å². The van der Waals surface area contributed by atoms with Gasteiger partial charge in [0.1, 0.15) is 23.0 Å². The number of aromatic nitrogens is 2. The summed E-state index contributed by atoms with van der Waals surface area (Å²) in [6, 6.07) is 7.87. The molecule has 2 rings (SSSR count). The van der Waals surface area contributed by atoms with Crippen molar-refractivity contribution >= 4 is 29.2 Å². The van der Waals surface area contributed by atoms with Crippen molar-refractivity contribution in [3.63, 3.8) is 0 Å². The van der Waals surface area contributed by atoms with Gasteiger partial charge in [0.05, 0.1) is 12.0 Å². The van der Waals surface area contributed by atoms with Gasteiger partial charge in [-0.1, -0.05) is 23.7 Å². The predicted octanol–water partition coefficient (Wildman–Crippen LogP) is 3.47. The van der Waals surface area contributed by atoms with E-state index >= 15 is 0 Å². The highest BCUT2D eigenvalue weighted by atomic mass is 35.5. The SMILES string of the molecule is COc1ccc(CNc2ncnc(Cl)c2SC)cc1. The summed E-state index contributed by atoms with van der Waals surface area (Å²) in [5.41, 5.74) is 1.14. The second kappa shape index (κ2) is 6.63. The first-order valence-corrected chi connectivity index (χ1v) is 7.26. The highest BCUT2D eigenvalue weighted by molar-refractivity contribution is 7.98. The third kappa shape index (κ3) is 3.52. The number of nitrogens with zero attached hydrogens (tertiary/aromatic N) is 2. The normalized spacial score (nSPS) is 10.3. The number of rotatable bonds is 5. The van der Waals surface area contributed by atoms with E-state index in [9.17, 15) is 0 Å². The van der Waals surface area contributed by atoms with Crippen LogP contribution in [0.3, 0.4) is 0 Å². The predicted molar refractivity (Wildman–Crippen MR) is 79.1 cm³/mol. The first-order chi connectivity index (χ1) is 9.24. The van der Waals surface area contributed by atoms with Crippen molar-refractivity contribution in [2.45, 2.75) is 11.4 Å². The first kappa shape index (κ1) is 14.0. The lowest BCUT2D eigenvalue weighted by Gasteiger charge is -2.10. The Morgan fingerprint density at radius 2 is 2.00 bits per heavy atom. The van der Waals surface area contributed by atoms with Crippen LogP contribution in [0.4, 0.5) is 5.82 Å². The van der Waals surface area contributed by atoms with E-state index in [1.54, 1.807) is 7.11 Å². The summed E-state index contributed by atoms with van der Waals surface area (Å²) >= 11 is 7.55. The molecule has 100 valence electrons. The number of anilines is 1. The van der Waals surface area contributed by atoms with Gasteiger partial charge in [0.25, 0.3) is 0 Å². The molecule has 1 aromatic carbocycles. The third-order valence-corrected chi connectivity index (χ3v) is 3.78. The van der Waals surface area contributed by atoms with Gasteiger partial charge >= 0.3 is 0 Å². The minimum absolute atomic E-state index is 0.472. The van der Waals surface area contributed by atoms with Gasteiger partial charge < -0.3 is 10.1 Å². The zero-order valence-corrected chi connectivity index (χ0v) is 12.3. The maximum Gasteiger partial charge on any atom is 0.148 e. The molecule has 0 aliphatic carbocycles. The molecule has 0 saturated carbocycles. The second-order valence-corrected chi connectivity index (χ2v) is 4.92. The zero-order valence-electron chi connectivity index (χ0n) is 10.7. The number of hydrogen-bond donors (Lipinski definition) is 1. The molecule has 2 aromatic rings. The van der Waals surface area contributed by atoms with Gasteiger partial charge in [0.15, 0.2) is 0 Å². The monoisotopic (exact) mass is 295 g/mol. The number of methoxy groups -OCH3 is 1. The van der Waals surface area contributed by atoms with Gasteiger partial charge in [-0.25, -0.2) is 9.97 Å². The van der Waals surface area contributed by atoms with Gasteiger partial charge in [0.2, 0.25) is 0 Å². The van der Waals surface area contributed by atoms with Crippen LogP contribution in [0, 0.1) is 0 Å². The highest BCUT2D eigenvalue weighted by Crippen LogP contribution is 2.29. The van der Waals surface area contributed by atoms with Gasteiger partial charge in [0, 0.05) is 6.54 Å². The summed E-state index contributed by atoms with van der Waals surface area (Å²) in [5, 5.41) is 3.73. The van der Waals surface area contributed by atoms with E-state index in [0.717, 1.165) is 22.0 Å². The second-order valence-electron chi connectivity index (χ2n) is 3.75. The Bertz CT molecular complexity index is 548. The average molecular weight is 296 g/mol. The molecule has 0 unspecified atom stereocenters. The van der Waals surface area contributed by atoms with Crippen molar-refractivity contribution in [1.29, 1.82) is 0 Å². The van der Waals surface area contributed by atoms with E-state index in [4.69, 9.17) is 16.3 Å². The Morgan fingerprint density at radius 1 is 1.26 bits per heavy atom. The lowest BCUT2D eigenvalue weighted by molar-refractivity contribution is 0.414. The van der Waals surface area contributed by atoms with Crippen LogP contribution in [0.5, 0.6) is 5.75 Å². The molecule has 0 saturated heterocycles. The average Bonchev–Trinajstić information content (AvgIpc) is 2.45. The minimum Gasteiger partial charge on any atom is -0.497 e. The minimum atomic E-state index is 0.472. The van der Waals surface area contributed by atoms with Crippen LogP contribution >= 0.6 is 23.4 Å². The summed E-state index contributed by atoms with van der Waals surface area (Å²) in [4.78, 5) is 9.03. The molecule has 0 atom stereocenters. The number of hydrogen-bond acceptors (Lipinski definition) is 5. The molecule has 0 radical (unpaired) electrons. The van der Waals surface area contributed by atoms with E-state index in [1.807, 2.05) is 30.5 Å². The lowest BCUT2D eigenvalue weighted by atomic mass is 10.2. The number of ether oxygens (including phenoxy) is 1. The van der Waals surface area contributed by atoms with Gasteiger partial charge in [-0.05, 0) is 24.0 Å². The lowest BCUT2D eigenvalue weighted by Crippen LogP contribution is -2.03. The van der Waals surface area contributed by atoms with Crippen molar-refractivity contribution in [3.8, 4) is 5.75 Å². The Labute approximate surface area is 121 Å². The molecule has 19 heavy (non-hydrogen) atoms. The van der Waals surface area contributed by atoms with E-state index in [-0.39, 0.29) is 0 Å². The topological polar surface area (TPSA) is 47.0 Å². The highest BCUT2D eigenvalue weighted by Gasteiger charge is 2.08. The maximum absolute atomic E-state index is 6.02. The summed E-state index contributed by atoms with van der Waals surface area (Å²) in [6.07, 6.45) is 3.40. The van der Waals surface area contributed by atoms with Crippen molar-refractivity contribution in [2.75, 3.05) is 18.7 Å². The van der Waals surface area contributed by atoms with Crippen LogP contribution in [0.1, 0.15) is 5.56 Å². The molecule has 0 amide bonds. The van der Waals surface area contributed by atoms with Crippen molar-refractivity contribution in [2.24, 2.45) is 0 Å². The Kier molecular flexibility index (Phi) is 4.87. The fourth-order valence-electron chi connectivity index (χ4n) is 1.59. The molecule has 6 heteroatoms. The largest absolute Gasteiger partial charge is 0.497 e. The molecule has 0 fully saturated rings. The van der Waals surface area contributed by atoms with Crippen LogP contribution in [-0.4, -0.2) is 23.3 Å². The molecule has 1 N–H and O–H groups in total. The molecule has 1 aromatic heterocycles. The maximum atomic E-state index is 6.02. The number of nitrogens with one attached hydrogen (secondary N) is 1. The molecule has 0 spiro atoms. The zero-order chi connectivity index (χ0) is 13.7. The Hall–Kier alpha value is -1.46. The van der Waals surface area contributed by atoms with E-state index < -0.39 is 0 Å². The third-order valence-electron chi connectivity index (χ3n) is 2.58. The molecule has 0 aliphatic heterocycles. The van der Waals surface area contributed by atoms with Crippen LogP contribution in [0.25, 0.3) is 0 Å². The fourth-order valence-corrected chi connectivity index (χ4v) is 2.49. The van der Waals surface area contributed by atoms with E-state index in [0.29, 0.717) is 11.7 Å². The summed E-state index contributed by atoms with van der Waals surface area (Å²) in [7, 11) is 1.65. The van der Waals surface area contributed by atoms with E-state index in [1.165, 1.54) is 18.1 Å². The summed E-state index contributed by atoms with van der Waals surface area (Å²) in [5.74, 6) is 1.60. The fraction of sp³-hybridized carbons (Fsp3) is 0.231. The molecule has 0 aliphatic rings. The van der Waals surface area contributed by atoms with E-state index in [2.05, 4.69) is 15.3 Å². The van der Waals surface area contributed by atoms with Crippen LogP contribution in [0.2, 0.25) is 5.15 Å². The number of benzene rings is 1. The number of thioether (sulfide) groups is 1. The van der Waals surface area contributed by atoms with Gasteiger partial charge in [-0.3, -0.25) is 0 Å². The summed E-state index contributed by atoms with van der Waals surface area (Å²) < 4.78 is 5.12. The van der Waals surface area contributed by atoms with Crippen molar-refractivity contribution in [3.05, 3.63) is 41.3 Å². The first-order valence-electron chi connectivity index (χ1n) is 5.66. The van der Waals surface area contributed by atoms with Gasteiger partial charge in [-0.2, -0.15) is 0 Å². The van der Waals surface area contributed by atoms with Crippen LogP contribution in [0.15, 0.2) is 35.5 Å². The standard InChI is InChI=1S/C13H14ClN3OS/c1-18-10-5-3-9(4-6-10)7-15-13-11(19-2)12(14)16-8-17-13/h3-6,8H,7H2,1-2H3,(H,15,16,17). The molecule has 0 bridgehead atoms. The van der Waals surface area contributed by atoms with Crippen molar-refractivity contribution < 1.29 is 4.74 Å². The smallest absolute Gasteiger partial charge is 0.148 e. The molecular formula is C13H14ClN3OS. The number of halogens is 1. The Balaban J connectivity index is 2.07. The Morgan fingerprint density at radius 3 is 2.63 bits per heavy atom. The summed E-state index contributed by atoms with van der Waals surface area (Å²) in [6.45, 7) is 0.672. The molecular weight excluding hydrogens is 282 g/mol. The van der Waals surface area contributed by atoms with Gasteiger partial charge in [-0.15, -0.1) is 11.8 Å². The quantitative estimate of drug-likeness (QED) is 0.676.